The molecular weight excluding hydrogens is 422 g/mol. The van der Waals surface area contributed by atoms with E-state index in [9.17, 15) is 9.59 Å². The van der Waals surface area contributed by atoms with E-state index in [4.69, 9.17) is 14.2 Å². The Labute approximate surface area is 193 Å². The fraction of sp³-hybridized carbons (Fsp3) is 0.320. The second-order valence-electron chi connectivity index (χ2n) is 7.89. The minimum absolute atomic E-state index is 0.241. The Kier molecular flexibility index (Phi) is 7.71. The maximum atomic E-state index is 12.8. The molecule has 8 nitrogen and oxygen atoms in total. The molecule has 0 bridgehead atoms. The summed E-state index contributed by atoms with van der Waals surface area (Å²) in [5, 5.41) is 2.88. The van der Waals surface area contributed by atoms with Crippen molar-refractivity contribution in [3.05, 3.63) is 76.4 Å². The Morgan fingerprint density at radius 2 is 1.79 bits per heavy atom. The van der Waals surface area contributed by atoms with E-state index in [1.54, 1.807) is 47.2 Å². The van der Waals surface area contributed by atoms with Gasteiger partial charge in [0.25, 0.3) is 5.91 Å². The zero-order valence-corrected chi connectivity index (χ0v) is 19.5. The Hall–Kier alpha value is -3.81. The Bertz CT molecular complexity index is 1120. The van der Waals surface area contributed by atoms with Crippen molar-refractivity contribution in [2.24, 2.45) is 0 Å². The van der Waals surface area contributed by atoms with E-state index in [0.29, 0.717) is 40.6 Å². The summed E-state index contributed by atoms with van der Waals surface area (Å²) in [5.41, 5.74) is 3.74. The first-order valence-electron chi connectivity index (χ1n) is 10.7. The molecule has 0 saturated carbocycles. The molecule has 0 aliphatic heterocycles. The Balaban J connectivity index is 1.66. The second kappa shape index (κ2) is 10.7. The van der Waals surface area contributed by atoms with Gasteiger partial charge in [-0.2, -0.15) is 0 Å². The van der Waals surface area contributed by atoms with Gasteiger partial charge in [-0.25, -0.2) is 4.79 Å². The van der Waals surface area contributed by atoms with Crippen molar-refractivity contribution in [3.8, 4) is 11.5 Å². The van der Waals surface area contributed by atoms with E-state index in [0.717, 1.165) is 11.1 Å². The van der Waals surface area contributed by atoms with E-state index in [1.165, 1.54) is 0 Å². The minimum atomic E-state index is -0.442. The minimum Gasteiger partial charge on any atom is -0.493 e. The van der Waals surface area contributed by atoms with Crippen LogP contribution in [0.2, 0.25) is 0 Å². The fourth-order valence-electron chi connectivity index (χ4n) is 3.41. The van der Waals surface area contributed by atoms with Crippen LogP contribution in [0.15, 0.2) is 42.7 Å². The maximum Gasteiger partial charge on any atom is 0.340 e. The Morgan fingerprint density at radius 3 is 2.45 bits per heavy atom. The topological polar surface area (TPSA) is 103 Å². The zero-order valence-electron chi connectivity index (χ0n) is 19.5. The number of nitrogens with zero attached hydrogens (tertiary/aromatic N) is 1. The molecule has 1 amide bonds. The van der Waals surface area contributed by atoms with Crippen molar-refractivity contribution in [3.63, 3.8) is 0 Å². The normalized spacial score (nSPS) is 10.7. The average Bonchev–Trinajstić information content (AvgIpc) is 3.10. The van der Waals surface area contributed by atoms with Crippen molar-refractivity contribution in [1.82, 2.24) is 15.3 Å². The standard InChI is InChI=1S/C25H29N3O5/c1-15(2)33-25(30)22-16(3)23(28-17(22)4)24(29)27-13-19-6-7-20(21(12-19)31-5)32-14-18-8-10-26-11-9-18/h6-12,15,28H,13-14H2,1-5H3,(H,27,29). The number of rotatable bonds is 9. The van der Waals surface area contributed by atoms with Gasteiger partial charge in [-0.15, -0.1) is 0 Å². The largest absolute Gasteiger partial charge is 0.493 e. The monoisotopic (exact) mass is 451 g/mol. The van der Waals surface area contributed by atoms with Crippen LogP contribution >= 0.6 is 0 Å². The lowest BCUT2D eigenvalue weighted by molar-refractivity contribution is 0.0376. The van der Waals surface area contributed by atoms with Crippen LogP contribution in [0.25, 0.3) is 0 Å². The van der Waals surface area contributed by atoms with Gasteiger partial charge >= 0.3 is 5.97 Å². The fourth-order valence-corrected chi connectivity index (χ4v) is 3.41. The number of amides is 1. The molecule has 1 aromatic carbocycles. The van der Waals surface area contributed by atoms with E-state index in [-0.39, 0.29) is 18.6 Å². The number of carbonyl (C=O) groups excluding carboxylic acids is 2. The highest BCUT2D eigenvalue weighted by Crippen LogP contribution is 2.29. The van der Waals surface area contributed by atoms with Crippen LogP contribution in [0.4, 0.5) is 0 Å². The summed E-state index contributed by atoms with van der Waals surface area (Å²) in [6.45, 7) is 7.72. The van der Waals surface area contributed by atoms with Crippen molar-refractivity contribution in [2.45, 2.75) is 47.0 Å². The number of esters is 1. The average molecular weight is 452 g/mol. The van der Waals surface area contributed by atoms with Gasteiger partial charge in [0.15, 0.2) is 11.5 Å². The van der Waals surface area contributed by atoms with Gasteiger partial charge in [0, 0.05) is 24.6 Å². The van der Waals surface area contributed by atoms with Crippen LogP contribution in [0.3, 0.4) is 0 Å². The summed E-state index contributed by atoms with van der Waals surface area (Å²) in [7, 11) is 1.57. The molecule has 0 aliphatic rings. The lowest BCUT2D eigenvalue weighted by Gasteiger charge is -2.13. The number of aryl methyl sites for hydroxylation is 1. The van der Waals surface area contributed by atoms with Crippen molar-refractivity contribution < 1.29 is 23.8 Å². The molecule has 33 heavy (non-hydrogen) atoms. The third kappa shape index (κ3) is 5.91. The quantitative estimate of drug-likeness (QED) is 0.475. The number of aromatic amines is 1. The number of pyridine rings is 1. The summed E-state index contributed by atoms with van der Waals surface area (Å²) in [4.78, 5) is 32.1. The SMILES string of the molecule is COc1cc(CNC(=O)c2[nH]c(C)c(C(=O)OC(C)C)c2C)ccc1OCc1ccncc1. The summed E-state index contributed by atoms with van der Waals surface area (Å²) in [6.07, 6.45) is 3.19. The molecule has 2 aromatic heterocycles. The molecule has 2 heterocycles. The second-order valence-corrected chi connectivity index (χ2v) is 7.89. The van der Waals surface area contributed by atoms with Crippen LogP contribution in [0.1, 0.15) is 57.1 Å². The highest BCUT2D eigenvalue weighted by molar-refractivity contribution is 6.00. The van der Waals surface area contributed by atoms with Gasteiger partial charge in [-0.05, 0) is 68.7 Å². The molecule has 0 radical (unpaired) electrons. The van der Waals surface area contributed by atoms with Crippen molar-refractivity contribution >= 4 is 11.9 Å². The van der Waals surface area contributed by atoms with E-state index in [1.807, 2.05) is 30.3 Å². The summed E-state index contributed by atoms with van der Waals surface area (Å²) < 4.78 is 16.6. The predicted octanol–water partition coefficient (Wildman–Crippen LogP) is 4.11. The van der Waals surface area contributed by atoms with Crippen LogP contribution in [0, 0.1) is 13.8 Å². The Morgan fingerprint density at radius 1 is 1.06 bits per heavy atom. The summed E-state index contributed by atoms with van der Waals surface area (Å²) >= 11 is 0. The number of ether oxygens (including phenoxy) is 3. The molecule has 3 aromatic rings. The summed E-state index contributed by atoms with van der Waals surface area (Å²) in [6, 6.07) is 9.26. The molecule has 8 heteroatoms. The molecular formula is C25H29N3O5. The number of nitrogens with one attached hydrogen (secondary N) is 2. The van der Waals surface area contributed by atoms with Gasteiger partial charge in [-0.1, -0.05) is 6.07 Å². The molecule has 0 aliphatic carbocycles. The lowest BCUT2D eigenvalue weighted by atomic mass is 10.1. The highest BCUT2D eigenvalue weighted by Gasteiger charge is 2.23. The highest BCUT2D eigenvalue weighted by atomic mass is 16.5. The van der Waals surface area contributed by atoms with Gasteiger partial charge in [0.2, 0.25) is 0 Å². The first-order valence-corrected chi connectivity index (χ1v) is 10.7. The molecule has 0 atom stereocenters. The van der Waals surface area contributed by atoms with E-state index < -0.39 is 5.97 Å². The zero-order chi connectivity index (χ0) is 24.0. The van der Waals surface area contributed by atoms with Crippen LogP contribution in [-0.4, -0.2) is 35.1 Å². The third-order valence-corrected chi connectivity index (χ3v) is 5.04. The molecule has 174 valence electrons. The number of hydrogen-bond donors (Lipinski definition) is 2. The first kappa shape index (κ1) is 23.8. The lowest BCUT2D eigenvalue weighted by Crippen LogP contribution is -2.24. The van der Waals surface area contributed by atoms with Crippen LogP contribution in [-0.2, 0) is 17.9 Å². The van der Waals surface area contributed by atoms with Gasteiger partial charge < -0.3 is 24.5 Å². The van der Waals surface area contributed by atoms with E-state index in [2.05, 4.69) is 15.3 Å². The molecule has 2 N–H and O–H groups in total. The smallest absolute Gasteiger partial charge is 0.340 e. The molecule has 3 rings (SSSR count). The first-order chi connectivity index (χ1) is 15.8. The molecule has 0 saturated heterocycles. The van der Waals surface area contributed by atoms with Gasteiger partial charge in [0.1, 0.15) is 12.3 Å². The number of aromatic nitrogens is 2. The van der Waals surface area contributed by atoms with E-state index >= 15 is 0 Å². The van der Waals surface area contributed by atoms with Crippen molar-refractivity contribution in [1.29, 1.82) is 0 Å². The number of H-pyrrole nitrogens is 1. The summed E-state index contributed by atoms with van der Waals surface area (Å²) in [5.74, 6) is 0.425. The molecule has 0 fully saturated rings. The predicted molar refractivity (Wildman–Crippen MR) is 124 cm³/mol. The number of hydrogen-bond acceptors (Lipinski definition) is 6. The van der Waals surface area contributed by atoms with Gasteiger partial charge in [0.05, 0.1) is 18.8 Å². The van der Waals surface area contributed by atoms with Crippen LogP contribution < -0.4 is 14.8 Å². The maximum absolute atomic E-state index is 12.8. The third-order valence-electron chi connectivity index (χ3n) is 5.04. The van der Waals surface area contributed by atoms with Crippen LogP contribution in [0.5, 0.6) is 11.5 Å². The number of carbonyl (C=O) groups is 2. The molecule has 0 unspecified atom stereocenters. The molecule has 0 spiro atoms. The van der Waals surface area contributed by atoms with Gasteiger partial charge in [-0.3, -0.25) is 9.78 Å². The number of benzene rings is 1. The van der Waals surface area contributed by atoms with Crippen molar-refractivity contribution in [2.75, 3.05) is 7.11 Å². The number of methoxy groups -OCH3 is 1.